The van der Waals surface area contributed by atoms with Gasteiger partial charge >= 0.3 is 0 Å². The van der Waals surface area contributed by atoms with Gasteiger partial charge in [-0.05, 0) is 19.9 Å². The van der Waals surface area contributed by atoms with Crippen LogP contribution in [-0.2, 0) is 0 Å². The number of aromatic nitrogens is 3. The Morgan fingerprint density at radius 2 is 2.17 bits per heavy atom. The summed E-state index contributed by atoms with van der Waals surface area (Å²) >= 11 is 0. The monoisotopic (exact) mass is 161 g/mol. The molecule has 0 saturated carbocycles. The minimum Gasteiger partial charge on any atom is -0.264 e. The molecular formula is C9H11N3. The van der Waals surface area contributed by atoms with Crippen molar-refractivity contribution < 1.29 is 0 Å². The quantitative estimate of drug-likeness (QED) is 0.640. The molecule has 2 heterocycles. The first-order chi connectivity index (χ1) is 5.79. The summed E-state index contributed by atoms with van der Waals surface area (Å²) in [7, 11) is 0. The molecule has 2 aromatic heterocycles. The lowest BCUT2D eigenvalue weighted by Gasteiger charge is -2.05. The van der Waals surface area contributed by atoms with Crippen LogP contribution in [0.1, 0.15) is 19.9 Å². The topological polar surface area (TPSA) is 30.7 Å². The van der Waals surface area contributed by atoms with Gasteiger partial charge in [-0.15, -0.1) is 0 Å². The van der Waals surface area contributed by atoms with E-state index in [-0.39, 0.29) is 0 Å². The second kappa shape index (κ2) is 2.59. The molecule has 0 aliphatic heterocycles. The third kappa shape index (κ3) is 0.978. The average Bonchev–Trinajstić information content (AvgIpc) is 2.47. The fourth-order valence-corrected chi connectivity index (χ4v) is 1.31. The lowest BCUT2D eigenvalue weighted by Crippen LogP contribution is -2.01. The Bertz CT molecular complexity index is 389. The van der Waals surface area contributed by atoms with Gasteiger partial charge in [0.25, 0.3) is 0 Å². The van der Waals surface area contributed by atoms with E-state index in [1.807, 2.05) is 23.1 Å². The number of pyridine rings is 1. The second-order valence-corrected chi connectivity index (χ2v) is 3.12. The summed E-state index contributed by atoms with van der Waals surface area (Å²) in [5.74, 6) is 0. The molecule has 0 aliphatic carbocycles. The third-order valence-corrected chi connectivity index (χ3v) is 1.89. The van der Waals surface area contributed by atoms with Crippen LogP contribution in [0.4, 0.5) is 0 Å². The highest BCUT2D eigenvalue weighted by Gasteiger charge is 2.03. The molecule has 3 nitrogen and oxygen atoms in total. The maximum atomic E-state index is 4.27. The van der Waals surface area contributed by atoms with E-state index in [1.54, 1.807) is 6.20 Å². The molecule has 62 valence electrons. The van der Waals surface area contributed by atoms with E-state index in [0.29, 0.717) is 6.04 Å². The van der Waals surface area contributed by atoms with Crippen molar-refractivity contribution in [2.75, 3.05) is 0 Å². The summed E-state index contributed by atoms with van der Waals surface area (Å²) in [6.07, 6.45) is 5.48. The summed E-state index contributed by atoms with van der Waals surface area (Å²) in [6, 6.07) is 2.40. The molecule has 0 atom stereocenters. The van der Waals surface area contributed by atoms with E-state index >= 15 is 0 Å². The Morgan fingerprint density at radius 1 is 1.33 bits per heavy atom. The first kappa shape index (κ1) is 7.28. The molecule has 2 aromatic rings. The van der Waals surface area contributed by atoms with E-state index in [9.17, 15) is 0 Å². The van der Waals surface area contributed by atoms with Crippen LogP contribution in [-0.4, -0.2) is 14.8 Å². The molecule has 0 unspecified atom stereocenters. The normalized spacial score (nSPS) is 11.2. The molecule has 12 heavy (non-hydrogen) atoms. The largest absolute Gasteiger partial charge is 0.264 e. The van der Waals surface area contributed by atoms with Crippen LogP contribution in [0, 0.1) is 0 Å². The SMILES string of the molecule is CC(C)n1ncc2cnccc21. The van der Waals surface area contributed by atoms with E-state index < -0.39 is 0 Å². The first-order valence-electron chi connectivity index (χ1n) is 4.06. The molecule has 0 amide bonds. The Morgan fingerprint density at radius 3 is 2.92 bits per heavy atom. The molecule has 0 fully saturated rings. The smallest absolute Gasteiger partial charge is 0.0716 e. The zero-order valence-corrected chi connectivity index (χ0v) is 7.23. The van der Waals surface area contributed by atoms with Crippen molar-refractivity contribution in [3.05, 3.63) is 24.7 Å². The van der Waals surface area contributed by atoms with Gasteiger partial charge in [0, 0.05) is 23.8 Å². The molecule has 0 spiro atoms. The highest BCUT2D eigenvalue weighted by atomic mass is 15.3. The lowest BCUT2D eigenvalue weighted by molar-refractivity contribution is 0.551. The molecule has 0 aliphatic rings. The molecule has 0 bridgehead atoms. The minimum atomic E-state index is 0.407. The second-order valence-electron chi connectivity index (χ2n) is 3.12. The van der Waals surface area contributed by atoms with Gasteiger partial charge in [-0.25, -0.2) is 0 Å². The van der Waals surface area contributed by atoms with Gasteiger partial charge in [-0.2, -0.15) is 5.10 Å². The number of rotatable bonds is 1. The van der Waals surface area contributed by atoms with E-state index in [4.69, 9.17) is 0 Å². The standard InChI is InChI=1S/C9H11N3/c1-7(2)12-9-3-4-10-5-8(9)6-11-12/h3-7H,1-2H3. The summed E-state index contributed by atoms with van der Waals surface area (Å²) in [4.78, 5) is 4.03. The molecule has 3 heteroatoms. The summed E-state index contributed by atoms with van der Waals surface area (Å²) in [5.41, 5.74) is 1.15. The van der Waals surface area contributed by atoms with Gasteiger partial charge in [0.1, 0.15) is 0 Å². The van der Waals surface area contributed by atoms with Gasteiger partial charge in [0.05, 0.1) is 11.7 Å². The molecule has 2 rings (SSSR count). The Kier molecular flexibility index (Phi) is 1.57. The maximum absolute atomic E-state index is 4.27. The number of nitrogens with zero attached hydrogens (tertiary/aromatic N) is 3. The fraction of sp³-hybridized carbons (Fsp3) is 0.333. The van der Waals surface area contributed by atoms with Crippen molar-refractivity contribution in [1.82, 2.24) is 14.8 Å². The Balaban J connectivity index is 2.70. The fourth-order valence-electron chi connectivity index (χ4n) is 1.31. The zero-order valence-electron chi connectivity index (χ0n) is 7.23. The highest BCUT2D eigenvalue weighted by molar-refractivity contribution is 5.77. The number of hydrogen-bond acceptors (Lipinski definition) is 2. The lowest BCUT2D eigenvalue weighted by atomic mass is 10.3. The Hall–Kier alpha value is -1.38. The molecule has 0 N–H and O–H groups in total. The van der Waals surface area contributed by atoms with Crippen molar-refractivity contribution in [2.45, 2.75) is 19.9 Å². The number of hydrogen-bond donors (Lipinski definition) is 0. The van der Waals surface area contributed by atoms with Gasteiger partial charge in [-0.3, -0.25) is 9.67 Å². The van der Waals surface area contributed by atoms with Gasteiger partial charge in [0.2, 0.25) is 0 Å². The first-order valence-corrected chi connectivity index (χ1v) is 4.06. The molecule has 0 saturated heterocycles. The third-order valence-electron chi connectivity index (χ3n) is 1.89. The van der Waals surface area contributed by atoms with Crippen LogP contribution < -0.4 is 0 Å². The average molecular weight is 161 g/mol. The van der Waals surface area contributed by atoms with Crippen LogP contribution in [0.3, 0.4) is 0 Å². The van der Waals surface area contributed by atoms with Crippen LogP contribution in [0.25, 0.3) is 10.9 Å². The van der Waals surface area contributed by atoms with Crippen molar-refractivity contribution in [1.29, 1.82) is 0 Å². The van der Waals surface area contributed by atoms with Gasteiger partial charge in [-0.1, -0.05) is 0 Å². The highest BCUT2D eigenvalue weighted by Crippen LogP contribution is 2.15. The van der Waals surface area contributed by atoms with Crippen LogP contribution in [0.5, 0.6) is 0 Å². The van der Waals surface area contributed by atoms with Gasteiger partial charge < -0.3 is 0 Å². The van der Waals surface area contributed by atoms with Crippen molar-refractivity contribution in [2.24, 2.45) is 0 Å². The Labute approximate surface area is 71.0 Å². The van der Waals surface area contributed by atoms with Gasteiger partial charge in [0.15, 0.2) is 0 Å². The predicted octanol–water partition coefficient (Wildman–Crippen LogP) is 2.01. The minimum absolute atomic E-state index is 0.407. The van der Waals surface area contributed by atoms with Crippen LogP contribution in [0.15, 0.2) is 24.7 Å². The summed E-state index contributed by atoms with van der Waals surface area (Å²) < 4.78 is 2.00. The van der Waals surface area contributed by atoms with E-state index in [1.165, 1.54) is 0 Å². The predicted molar refractivity (Wildman–Crippen MR) is 47.9 cm³/mol. The molecule has 0 aromatic carbocycles. The number of fused-ring (bicyclic) bond motifs is 1. The van der Waals surface area contributed by atoms with Crippen molar-refractivity contribution in [3.63, 3.8) is 0 Å². The maximum Gasteiger partial charge on any atom is 0.0716 e. The summed E-state index contributed by atoms with van der Waals surface area (Å²) in [5, 5.41) is 5.37. The van der Waals surface area contributed by atoms with E-state index in [2.05, 4.69) is 23.9 Å². The van der Waals surface area contributed by atoms with Crippen molar-refractivity contribution in [3.8, 4) is 0 Å². The summed E-state index contributed by atoms with van der Waals surface area (Å²) in [6.45, 7) is 4.24. The van der Waals surface area contributed by atoms with Crippen molar-refractivity contribution >= 4 is 10.9 Å². The zero-order chi connectivity index (χ0) is 8.55. The van der Waals surface area contributed by atoms with Crippen LogP contribution in [0.2, 0.25) is 0 Å². The molecule has 0 radical (unpaired) electrons. The molecular weight excluding hydrogens is 150 g/mol. The van der Waals surface area contributed by atoms with Crippen LogP contribution >= 0.6 is 0 Å². The van der Waals surface area contributed by atoms with E-state index in [0.717, 1.165) is 10.9 Å².